The molecule has 2 bridgehead atoms. The number of hydrogen-bond donors (Lipinski definition) is 0. The van der Waals surface area contributed by atoms with Crippen LogP contribution < -0.4 is 0 Å². The highest BCUT2D eigenvalue weighted by atomic mass is 16.5. The van der Waals surface area contributed by atoms with Crippen molar-refractivity contribution in [1.29, 1.82) is 0 Å². The van der Waals surface area contributed by atoms with Crippen LogP contribution in [0.25, 0.3) is 0 Å². The van der Waals surface area contributed by atoms with E-state index in [-0.39, 0.29) is 0 Å². The molecule has 3 unspecified atom stereocenters. The second kappa shape index (κ2) is 1.03. The molecule has 0 N–H and O–H groups in total. The summed E-state index contributed by atoms with van der Waals surface area (Å²) < 4.78 is 5.36. The third-order valence-electron chi connectivity index (χ3n) is 2.13. The fraction of sp³-hybridized carbons (Fsp3) is 1.00. The Labute approximate surface area is 43.7 Å². The highest BCUT2D eigenvalue weighted by Crippen LogP contribution is 2.40. The molecule has 0 aromatic rings. The van der Waals surface area contributed by atoms with Gasteiger partial charge in [-0.25, -0.2) is 0 Å². The van der Waals surface area contributed by atoms with Gasteiger partial charge in [0, 0.05) is 6.42 Å². The summed E-state index contributed by atoms with van der Waals surface area (Å²) in [7, 11) is 0. The zero-order chi connectivity index (χ0) is 4.85. The molecule has 2 heterocycles. The molecule has 0 amide bonds. The minimum atomic E-state index is 0.657. The monoisotopic (exact) mass is 98.1 g/mol. The standard InChI is InChI=1S/C6H10O/c1-4-2-5-3-6(4)7-5/h4-6H,2-3H2,1H3. The lowest BCUT2D eigenvalue weighted by molar-refractivity contribution is -0.0730. The quantitative estimate of drug-likeness (QED) is 0.442. The number of ether oxygens (including phenoxy) is 1. The van der Waals surface area contributed by atoms with Crippen LogP contribution in [-0.2, 0) is 4.74 Å². The molecular formula is C6H10O. The van der Waals surface area contributed by atoms with Crippen LogP contribution in [0.5, 0.6) is 0 Å². The van der Waals surface area contributed by atoms with Gasteiger partial charge in [0.25, 0.3) is 0 Å². The zero-order valence-corrected chi connectivity index (χ0v) is 4.55. The molecule has 1 nitrogen and oxygen atoms in total. The van der Waals surface area contributed by atoms with Crippen molar-refractivity contribution >= 4 is 0 Å². The average molecular weight is 98.1 g/mol. The molecule has 3 fully saturated rings. The minimum absolute atomic E-state index is 0.657. The predicted octanol–water partition coefficient (Wildman–Crippen LogP) is 1.18. The Hall–Kier alpha value is -0.0400. The van der Waals surface area contributed by atoms with E-state index >= 15 is 0 Å². The molecule has 7 heavy (non-hydrogen) atoms. The Morgan fingerprint density at radius 2 is 2.14 bits per heavy atom. The maximum atomic E-state index is 5.36. The van der Waals surface area contributed by atoms with Crippen LogP contribution in [-0.4, -0.2) is 12.2 Å². The maximum Gasteiger partial charge on any atom is 0.0630 e. The summed E-state index contributed by atoms with van der Waals surface area (Å²) in [4.78, 5) is 0. The van der Waals surface area contributed by atoms with Gasteiger partial charge >= 0.3 is 0 Å². The Balaban J connectivity index is 2.13. The molecule has 1 aliphatic carbocycles. The van der Waals surface area contributed by atoms with Gasteiger partial charge in [0.2, 0.25) is 0 Å². The van der Waals surface area contributed by atoms with E-state index < -0.39 is 0 Å². The van der Waals surface area contributed by atoms with Crippen molar-refractivity contribution < 1.29 is 4.74 Å². The molecule has 0 radical (unpaired) electrons. The van der Waals surface area contributed by atoms with Gasteiger partial charge in [-0.05, 0) is 12.3 Å². The van der Waals surface area contributed by atoms with E-state index in [1.54, 1.807) is 0 Å². The highest BCUT2D eigenvalue weighted by Gasteiger charge is 2.42. The summed E-state index contributed by atoms with van der Waals surface area (Å²) in [5, 5.41) is 0. The van der Waals surface area contributed by atoms with Crippen LogP contribution in [0.15, 0.2) is 0 Å². The topological polar surface area (TPSA) is 9.23 Å². The van der Waals surface area contributed by atoms with Gasteiger partial charge in [0.1, 0.15) is 0 Å². The molecule has 3 atom stereocenters. The molecule has 2 saturated heterocycles. The number of fused-ring (bicyclic) bond motifs is 1. The molecule has 2 aliphatic heterocycles. The fourth-order valence-corrected chi connectivity index (χ4v) is 1.58. The summed E-state index contributed by atoms with van der Waals surface area (Å²) in [6, 6.07) is 0. The van der Waals surface area contributed by atoms with Crippen LogP contribution >= 0.6 is 0 Å². The third-order valence-corrected chi connectivity index (χ3v) is 2.13. The molecular weight excluding hydrogens is 88.1 g/mol. The summed E-state index contributed by atoms with van der Waals surface area (Å²) in [5.41, 5.74) is 0. The van der Waals surface area contributed by atoms with E-state index in [0.29, 0.717) is 12.2 Å². The van der Waals surface area contributed by atoms with Crippen LogP contribution in [0, 0.1) is 5.92 Å². The largest absolute Gasteiger partial charge is 0.374 e. The first-order valence-corrected chi connectivity index (χ1v) is 3.02. The molecule has 1 heteroatoms. The van der Waals surface area contributed by atoms with Crippen LogP contribution in [0.3, 0.4) is 0 Å². The SMILES string of the molecule is CC1CC2CC1O2. The number of rotatable bonds is 0. The van der Waals surface area contributed by atoms with Crippen molar-refractivity contribution in [2.24, 2.45) is 5.92 Å². The molecule has 3 rings (SSSR count). The van der Waals surface area contributed by atoms with Crippen molar-refractivity contribution in [2.75, 3.05) is 0 Å². The summed E-state index contributed by atoms with van der Waals surface area (Å²) in [6.07, 6.45) is 4.00. The van der Waals surface area contributed by atoms with Gasteiger partial charge in [0.15, 0.2) is 0 Å². The van der Waals surface area contributed by atoms with E-state index in [2.05, 4.69) is 6.92 Å². The first-order chi connectivity index (χ1) is 3.36. The Morgan fingerprint density at radius 3 is 2.29 bits per heavy atom. The Morgan fingerprint density at radius 1 is 1.43 bits per heavy atom. The molecule has 0 spiro atoms. The highest BCUT2D eigenvalue weighted by molar-refractivity contribution is 4.91. The maximum absolute atomic E-state index is 5.36. The predicted molar refractivity (Wildman–Crippen MR) is 27.1 cm³/mol. The first-order valence-electron chi connectivity index (χ1n) is 3.02. The summed E-state index contributed by atoms with van der Waals surface area (Å²) in [5.74, 6) is 0.866. The van der Waals surface area contributed by atoms with Crippen molar-refractivity contribution in [2.45, 2.75) is 32.0 Å². The normalized spacial score (nSPS) is 57.0. The van der Waals surface area contributed by atoms with E-state index in [4.69, 9.17) is 4.74 Å². The van der Waals surface area contributed by atoms with Crippen molar-refractivity contribution in [3.63, 3.8) is 0 Å². The lowest BCUT2D eigenvalue weighted by Gasteiger charge is -2.24. The third kappa shape index (κ3) is 0.367. The van der Waals surface area contributed by atoms with Crippen molar-refractivity contribution in [3.05, 3.63) is 0 Å². The van der Waals surface area contributed by atoms with Crippen molar-refractivity contribution in [1.82, 2.24) is 0 Å². The van der Waals surface area contributed by atoms with Gasteiger partial charge in [-0.2, -0.15) is 0 Å². The minimum Gasteiger partial charge on any atom is -0.374 e. The van der Waals surface area contributed by atoms with E-state index in [0.717, 1.165) is 5.92 Å². The number of hydrogen-bond acceptors (Lipinski definition) is 1. The lowest BCUT2D eigenvalue weighted by Crippen LogP contribution is -2.27. The van der Waals surface area contributed by atoms with Gasteiger partial charge in [0.05, 0.1) is 12.2 Å². The van der Waals surface area contributed by atoms with Crippen molar-refractivity contribution in [3.8, 4) is 0 Å². The molecule has 1 saturated carbocycles. The molecule has 40 valence electrons. The Kier molecular flexibility index (Phi) is 0.571. The van der Waals surface area contributed by atoms with Crippen LogP contribution in [0.2, 0.25) is 0 Å². The van der Waals surface area contributed by atoms with Gasteiger partial charge in [-0.3, -0.25) is 0 Å². The van der Waals surface area contributed by atoms with Gasteiger partial charge < -0.3 is 4.74 Å². The second-order valence-corrected chi connectivity index (χ2v) is 2.75. The molecule has 3 aliphatic rings. The van der Waals surface area contributed by atoms with Gasteiger partial charge in [-0.15, -0.1) is 0 Å². The molecule has 0 aromatic carbocycles. The summed E-state index contributed by atoms with van der Waals surface area (Å²) >= 11 is 0. The van der Waals surface area contributed by atoms with Crippen LogP contribution in [0.1, 0.15) is 19.8 Å². The molecule has 0 aromatic heterocycles. The average Bonchev–Trinajstić information content (AvgIpc) is 1.85. The zero-order valence-electron chi connectivity index (χ0n) is 4.55. The first kappa shape index (κ1) is 3.90. The second-order valence-electron chi connectivity index (χ2n) is 2.75. The van der Waals surface area contributed by atoms with E-state index in [1.165, 1.54) is 12.8 Å². The fourth-order valence-electron chi connectivity index (χ4n) is 1.58. The van der Waals surface area contributed by atoms with E-state index in [9.17, 15) is 0 Å². The van der Waals surface area contributed by atoms with E-state index in [1.807, 2.05) is 0 Å². The summed E-state index contributed by atoms with van der Waals surface area (Å²) in [6.45, 7) is 2.28. The van der Waals surface area contributed by atoms with Crippen LogP contribution in [0.4, 0.5) is 0 Å². The van der Waals surface area contributed by atoms with Gasteiger partial charge in [-0.1, -0.05) is 6.92 Å². The smallest absolute Gasteiger partial charge is 0.0630 e. The lowest BCUT2D eigenvalue weighted by atomic mass is 10.1. The Bertz CT molecular complexity index is 84.2.